The average Bonchev–Trinajstić information content (AvgIpc) is 3.30. The van der Waals surface area contributed by atoms with E-state index in [9.17, 15) is 9.59 Å². The molecule has 4 aliphatic carbocycles. The van der Waals surface area contributed by atoms with Gasteiger partial charge in [0.25, 0.3) is 0 Å². The van der Waals surface area contributed by atoms with Crippen molar-refractivity contribution < 1.29 is 18.7 Å². The molecule has 4 fully saturated rings. The van der Waals surface area contributed by atoms with Crippen LogP contribution in [-0.4, -0.2) is 28.1 Å². The number of ether oxygens (including phenoxy) is 1. The summed E-state index contributed by atoms with van der Waals surface area (Å²) in [5.41, 5.74) is -0.233. The summed E-state index contributed by atoms with van der Waals surface area (Å²) < 4.78 is 12.6. The van der Waals surface area contributed by atoms with Crippen LogP contribution in [0.2, 0.25) is 0 Å². The molecule has 0 saturated heterocycles. The van der Waals surface area contributed by atoms with Gasteiger partial charge in [0.1, 0.15) is 5.76 Å². The van der Waals surface area contributed by atoms with E-state index in [1.807, 2.05) is 12.3 Å². The van der Waals surface area contributed by atoms with E-state index >= 15 is 0 Å². The Hall–Kier alpha value is -2.37. The minimum absolute atomic E-state index is 0.110. The van der Waals surface area contributed by atoms with Crippen molar-refractivity contribution in [3.8, 4) is 0 Å². The molecule has 0 unspecified atom stereocenters. The number of ketones is 1. The van der Waals surface area contributed by atoms with Gasteiger partial charge in [-0.1, -0.05) is 0 Å². The van der Waals surface area contributed by atoms with Crippen molar-refractivity contribution >= 4 is 11.8 Å². The molecule has 0 aliphatic heterocycles. The highest BCUT2D eigenvalue weighted by molar-refractivity contribution is 5.91. The second-order valence-electron chi connectivity index (χ2n) is 8.67. The van der Waals surface area contributed by atoms with Gasteiger partial charge in [-0.25, -0.2) is 4.79 Å². The van der Waals surface area contributed by atoms with Crippen molar-refractivity contribution in [2.75, 3.05) is 6.61 Å². The molecule has 0 spiro atoms. The van der Waals surface area contributed by atoms with Crippen LogP contribution < -0.4 is 0 Å². The maximum absolute atomic E-state index is 12.9. The van der Waals surface area contributed by atoms with Gasteiger partial charge in [-0.15, -0.1) is 0 Å². The van der Waals surface area contributed by atoms with E-state index in [0.29, 0.717) is 30.1 Å². The number of hydrogen-bond donors (Lipinski definition) is 0. The van der Waals surface area contributed by atoms with Crippen LogP contribution in [0.4, 0.5) is 0 Å². The van der Waals surface area contributed by atoms with Crippen LogP contribution in [0.3, 0.4) is 0 Å². The standard InChI is InChI=1S/C21H24N2O4/c24-19(21-9-14-6-15(10-21)8-16(7-14)11-21)13-26-20(25)18-3-2-17(27-18)12-23-5-1-4-22-23/h1-5,14-16H,6-13H2. The van der Waals surface area contributed by atoms with Gasteiger partial charge in [0, 0.05) is 17.8 Å². The monoisotopic (exact) mass is 368 g/mol. The predicted octanol–water partition coefficient (Wildman–Crippen LogP) is 3.47. The molecule has 0 amide bonds. The second-order valence-corrected chi connectivity index (χ2v) is 8.67. The predicted molar refractivity (Wildman–Crippen MR) is 95.9 cm³/mol. The van der Waals surface area contributed by atoms with Gasteiger partial charge >= 0.3 is 5.97 Å². The Bertz CT molecular complexity index is 816. The molecule has 0 radical (unpaired) electrons. The first-order valence-corrected chi connectivity index (χ1v) is 9.86. The lowest BCUT2D eigenvalue weighted by Gasteiger charge is -2.55. The number of rotatable bonds is 6. The molecule has 142 valence electrons. The normalized spacial score (nSPS) is 31.2. The first kappa shape index (κ1) is 16.8. The summed E-state index contributed by atoms with van der Waals surface area (Å²) in [4.78, 5) is 25.2. The lowest BCUT2D eigenvalue weighted by atomic mass is 9.48. The number of hydrogen-bond acceptors (Lipinski definition) is 5. The Kier molecular flexibility index (Phi) is 3.95. The fourth-order valence-electron chi connectivity index (χ4n) is 5.93. The van der Waals surface area contributed by atoms with Gasteiger partial charge in [0.05, 0.1) is 6.54 Å². The molecule has 2 aromatic heterocycles. The first-order valence-electron chi connectivity index (χ1n) is 9.86. The molecular weight excluding hydrogens is 344 g/mol. The second kappa shape index (κ2) is 6.36. The van der Waals surface area contributed by atoms with Gasteiger partial charge in [0.15, 0.2) is 12.4 Å². The van der Waals surface area contributed by atoms with Crippen LogP contribution in [0.25, 0.3) is 0 Å². The van der Waals surface area contributed by atoms with E-state index in [2.05, 4.69) is 5.10 Å². The Morgan fingerprint density at radius 1 is 1.15 bits per heavy atom. The zero-order chi connectivity index (χ0) is 18.4. The summed E-state index contributed by atoms with van der Waals surface area (Å²) in [6, 6.07) is 5.16. The SMILES string of the molecule is O=C(OCC(=O)C12CC3CC(CC(C3)C1)C2)c1ccc(Cn2cccn2)o1. The van der Waals surface area contributed by atoms with Crippen molar-refractivity contribution in [2.45, 2.75) is 45.1 Å². The molecule has 4 saturated carbocycles. The summed E-state index contributed by atoms with van der Waals surface area (Å²) >= 11 is 0. The van der Waals surface area contributed by atoms with E-state index in [0.717, 1.165) is 19.3 Å². The lowest BCUT2D eigenvalue weighted by molar-refractivity contribution is -0.147. The number of furan rings is 1. The smallest absolute Gasteiger partial charge is 0.374 e. The van der Waals surface area contributed by atoms with E-state index in [-0.39, 0.29) is 23.6 Å². The highest BCUT2D eigenvalue weighted by atomic mass is 16.5. The molecule has 2 aromatic rings. The molecule has 4 bridgehead atoms. The van der Waals surface area contributed by atoms with Crippen molar-refractivity contribution in [1.29, 1.82) is 0 Å². The number of Topliss-reactive ketones (excluding diaryl/α,β-unsaturated/α-hetero) is 1. The number of carbonyl (C=O) groups is 2. The molecule has 6 nitrogen and oxygen atoms in total. The molecule has 0 N–H and O–H groups in total. The van der Waals surface area contributed by atoms with Gasteiger partial charge in [-0.2, -0.15) is 5.10 Å². The fourth-order valence-corrected chi connectivity index (χ4v) is 5.93. The van der Waals surface area contributed by atoms with Crippen LogP contribution in [0.15, 0.2) is 35.0 Å². The molecule has 6 rings (SSSR count). The molecule has 0 atom stereocenters. The van der Waals surface area contributed by atoms with Crippen LogP contribution >= 0.6 is 0 Å². The van der Waals surface area contributed by atoms with E-state index in [1.54, 1.807) is 23.0 Å². The topological polar surface area (TPSA) is 74.3 Å². The van der Waals surface area contributed by atoms with Gasteiger partial charge in [0.2, 0.25) is 5.76 Å². The zero-order valence-electron chi connectivity index (χ0n) is 15.3. The number of aromatic nitrogens is 2. The summed E-state index contributed by atoms with van der Waals surface area (Å²) in [5, 5.41) is 4.11. The minimum Gasteiger partial charge on any atom is -0.452 e. The molecule has 0 aromatic carbocycles. The maximum Gasteiger partial charge on any atom is 0.374 e. The van der Waals surface area contributed by atoms with Crippen molar-refractivity contribution in [2.24, 2.45) is 23.2 Å². The number of nitrogens with zero attached hydrogens (tertiary/aromatic N) is 2. The van der Waals surface area contributed by atoms with Crippen molar-refractivity contribution in [1.82, 2.24) is 9.78 Å². The van der Waals surface area contributed by atoms with Crippen molar-refractivity contribution in [3.63, 3.8) is 0 Å². The third kappa shape index (κ3) is 3.11. The van der Waals surface area contributed by atoms with E-state index in [4.69, 9.17) is 9.15 Å². The fraction of sp³-hybridized carbons (Fsp3) is 0.571. The summed E-state index contributed by atoms with van der Waals surface area (Å²) in [5.74, 6) is 2.40. The average molecular weight is 368 g/mol. The summed E-state index contributed by atoms with van der Waals surface area (Å²) in [7, 11) is 0. The lowest BCUT2D eigenvalue weighted by Crippen LogP contribution is -2.51. The van der Waals surface area contributed by atoms with Crippen LogP contribution in [-0.2, 0) is 16.1 Å². The highest BCUT2D eigenvalue weighted by Crippen LogP contribution is 2.60. The largest absolute Gasteiger partial charge is 0.452 e. The Morgan fingerprint density at radius 3 is 2.48 bits per heavy atom. The summed E-state index contributed by atoms with van der Waals surface area (Å²) in [6.45, 7) is 0.312. The number of carbonyl (C=O) groups excluding carboxylic acids is 2. The molecular formula is C21H24N2O4. The Morgan fingerprint density at radius 2 is 1.85 bits per heavy atom. The highest BCUT2D eigenvalue weighted by Gasteiger charge is 2.54. The number of esters is 1. The van der Waals surface area contributed by atoms with Gasteiger partial charge < -0.3 is 9.15 Å². The zero-order valence-corrected chi connectivity index (χ0v) is 15.3. The van der Waals surface area contributed by atoms with Crippen LogP contribution in [0.5, 0.6) is 0 Å². The van der Waals surface area contributed by atoms with E-state index in [1.165, 1.54) is 19.3 Å². The molecule has 27 heavy (non-hydrogen) atoms. The van der Waals surface area contributed by atoms with Crippen LogP contribution in [0, 0.1) is 23.2 Å². The van der Waals surface area contributed by atoms with E-state index < -0.39 is 5.97 Å². The minimum atomic E-state index is -0.570. The van der Waals surface area contributed by atoms with Crippen molar-refractivity contribution in [3.05, 3.63) is 42.1 Å². The molecule has 2 heterocycles. The Balaban J connectivity index is 1.20. The third-order valence-electron chi connectivity index (χ3n) is 6.70. The van der Waals surface area contributed by atoms with Gasteiger partial charge in [-0.05, 0) is 74.5 Å². The van der Waals surface area contributed by atoms with Gasteiger partial charge in [-0.3, -0.25) is 9.48 Å². The molecule has 6 heteroatoms. The first-order chi connectivity index (χ1) is 13.1. The molecule has 4 aliphatic rings. The quantitative estimate of drug-likeness (QED) is 0.730. The maximum atomic E-state index is 12.9. The van der Waals surface area contributed by atoms with Crippen LogP contribution in [0.1, 0.15) is 54.8 Å². The Labute approximate surface area is 157 Å². The third-order valence-corrected chi connectivity index (χ3v) is 6.70. The summed E-state index contributed by atoms with van der Waals surface area (Å²) in [6.07, 6.45) is 10.4.